The van der Waals surface area contributed by atoms with Gasteiger partial charge in [0.15, 0.2) is 5.82 Å². The molecule has 0 aliphatic carbocycles. The molecule has 2 saturated heterocycles. The Kier molecular flexibility index (Phi) is 7.83. The smallest absolute Gasteiger partial charge is 0.407 e. The second-order valence-corrected chi connectivity index (χ2v) is 9.05. The number of carbonyl (C=O) groups is 1. The molecule has 2 heterocycles. The summed E-state index contributed by atoms with van der Waals surface area (Å²) in [5.41, 5.74) is 6.16. The van der Waals surface area contributed by atoms with Crippen LogP contribution in [0.4, 0.5) is 20.6 Å². The molecular weight excluding hydrogens is 403 g/mol. The molecule has 1 aromatic rings. The van der Waals surface area contributed by atoms with Crippen molar-refractivity contribution in [2.24, 2.45) is 0 Å². The van der Waals surface area contributed by atoms with E-state index >= 15 is 0 Å². The molecule has 0 aromatic heterocycles. The number of hydrogen-bond acceptors (Lipinski definition) is 7. The fraction of sp³-hybridized carbons (Fsp3) is 0.682. The molecule has 3 rings (SSSR count). The number of nitrogens with zero attached hydrogens (tertiary/aromatic N) is 2. The Morgan fingerprint density at radius 1 is 1.23 bits per heavy atom. The second-order valence-electron chi connectivity index (χ2n) is 9.05. The Bertz CT molecular complexity index is 742. The summed E-state index contributed by atoms with van der Waals surface area (Å²) < 4.78 is 30.9. The van der Waals surface area contributed by atoms with Crippen LogP contribution in [0.2, 0.25) is 0 Å². The Balaban J connectivity index is 1.52. The van der Waals surface area contributed by atoms with E-state index in [-0.39, 0.29) is 11.7 Å². The maximum atomic E-state index is 14.5. The number of nitrogens with one attached hydrogen (secondary N) is 1. The molecule has 31 heavy (non-hydrogen) atoms. The number of morpholine rings is 1. The Labute approximate surface area is 183 Å². The lowest BCUT2D eigenvalue weighted by Crippen LogP contribution is -2.46. The molecule has 2 aliphatic heterocycles. The van der Waals surface area contributed by atoms with Gasteiger partial charge in [-0.25, -0.2) is 9.18 Å². The highest BCUT2D eigenvalue weighted by Gasteiger charge is 2.25. The van der Waals surface area contributed by atoms with Gasteiger partial charge in [0.25, 0.3) is 0 Å². The zero-order valence-electron chi connectivity index (χ0n) is 18.8. The van der Waals surface area contributed by atoms with E-state index in [9.17, 15) is 9.18 Å². The van der Waals surface area contributed by atoms with Crippen LogP contribution in [0.3, 0.4) is 0 Å². The number of carbonyl (C=O) groups excluding carboxylic acids is 1. The summed E-state index contributed by atoms with van der Waals surface area (Å²) >= 11 is 0. The van der Waals surface area contributed by atoms with Crippen molar-refractivity contribution in [2.75, 3.05) is 63.2 Å². The second kappa shape index (κ2) is 10.4. The highest BCUT2D eigenvalue weighted by molar-refractivity contribution is 5.68. The quantitative estimate of drug-likeness (QED) is 0.660. The van der Waals surface area contributed by atoms with Gasteiger partial charge in [-0.3, -0.25) is 4.90 Å². The minimum Gasteiger partial charge on any atom is -0.490 e. The predicted octanol–water partition coefficient (Wildman–Crippen LogP) is 2.61. The minimum atomic E-state index is -0.523. The number of piperidine rings is 1. The third-order valence-electron chi connectivity index (χ3n) is 5.43. The van der Waals surface area contributed by atoms with Crippen molar-refractivity contribution in [3.63, 3.8) is 0 Å². The van der Waals surface area contributed by atoms with E-state index < -0.39 is 17.5 Å². The molecule has 8 nitrogen and oxygen atoms in total. The molecule has 0 spiro atoms. The van der Waals surface area contributed by atoms with Crippen LogP contribution in [0, 0.1) is 5.82 Å². The van der Waals surface area contributed by atoms with E-state index in [1.165, 1.54) is 6.07 Å². The van der Waals surface area contributed by atoms with E-state index in [0.29, 0.717) is 25.4 Å². The number of hydrogen-bond donors (Lipinski definition) is 2. The molecule has 0 atom stereocenters. The summed E-state index contributed by atoms with van der Waals surface area (Å²) in [6, 6.07) is 3.29. The topological polar surface area (TPSA) is 89.3 Å². The average Bonchev–Trinajstić information content (AvgIpc) is 2.71. The van der Waals surface area contributed by atoms with Gasteiger partial charge in [0.1, 0.15) is 23.6 Å². The molecule has 2 aliphatic rings. The molecular formula is C22H35FN4O4. The standard InChI is InChI=1S/C22H35FN4O4/c1-22(2,3)31-21(28)25-16-4-6-27(7-5-16)17-14-18(23)20(24)19(15-17)30-13-10-26-8-11-29-12-9-26/h14-16H,4-13,24H2,1-3H3,(H,25,28). The zero-order valence-corrected chi connectivity index (χ0v) is 18.8. The van der Waals surface area contributed by atoms with Gasteiger partial charge in [-0.1, -0.05) is 0 Å². The minimum absolute atomic E-state index is 0.0344. The number of nitrogen functional groups attached to an aromatic ring is 1. The third-order valence-corrected chi connectivity index (χ3v) is 5.43. The molecule has 2 fully saturated rings. The van der Waals surface area contributed by atoms with E-state index in [2.05, 4.69) is 15.1 Å². The highest BCUT2D eigenvalue weighted by Crippen LogP contribution is 2.32. The molecule has 0 saturated carbocycles. The maximum absolute atomic E-state index is 14.5. The molecule has 1 aromatic carbocycles. The van der Waals surface area contributed by atoms with Crippen molar-refractivity contribution in [1.82, 2.24) is 10.2 Å². The zero-order chi connectivity index (χ0) is 22.4. The van der Waals surface area contributed by atoms with Crippen LogP contribution in [0.5, 0.6) is 5.75 Å². The maximum Gasteiger partial charge on any atom is 0.407 e. The van der Waals surface area contributed by atoms with Crippen LogP contribution >= 0.6 is 0 Å². The predicted molar refractivity (Wildman–Crippen MR) is 118 cm³/mol. The summed E-state index contributed by atoms with van der Waals surface area (Å²) in [7, 11) is 0. The van der Waals surface area contributed by atoms with E-state index in [1.54, 1.807) is 6.07 Å². The first-order valence-corrected chi connectivity index (χ1v) is 11.0. The molecule has 0 radical (unpaired) electrons. The summed E-state index contributed by atoms with van der Waals surface area (Å²) in [6.45, 7) is 11.3. The Hall–Kier alpha value is -2.26. The van der Waals surface area contributed by atoms with Gasteiger partial charge in [0.2, 0.25) is 0 Å². The van der Waals surface area contributed by atoms with Gasteiger partial charge >= 0.3 is 6.09 Å². The van der Waals surface area contributed by atoms with Crippen molar-refractivity contribution in [2.45, 2.75) is 45.3 Å². The molecule has 0 bridgehead atoms. The summed E-state index contributed by atoms with van der Waals surface area (Å²) in [6.07, 6.45) is 1.09. The van der Waals surface area contributed by atoms with Crippen molar-refractivity contribution < 1.29 is 23.4 Å². The Morgan fingerprint density at radius 2 is 1.90 bits per heavy atom. The number of rotatable bonds is 6. The SMILES string of the molecule is CC(C)(C)OC(=O)NC1CCN(c2cc(F)c(N)c(OCCN3CCOCC3)c2)CC1. The fourth-order valence-electron chi connectivity index (χ4n) is 3.75. The lowest BCUT2D eigenvalue weighted by atomic mass is 10.0. The van der Waals surface area contributed by atoms with Gasteiger partial charge in [0.05, 0.1) is 13.2 Å². The van der Waals surface area contributed by atoms with Crippen molar-refractivity contribution in [1.29, 1.82) is 0 Å². The molecule has 0 unspecified atom stereocenters. The van der Waals surface area contributed by atoms with Crippen LogP contribution in [-0.4, -0.2) is 75.2 Å². The highest BCUT2D eigenvalue weighted by atomic mass is 19.1. The summed E-state index contributed by atoms with van der Waals surface area (Å²) in [5, 5.41) is 2.92. The molecule has 174 valence electrons. The first-order chi connectivity index (χ1) is 14.7. The van der Waals surface area contributed by atoms with Crippen LogP contribution in [-0.2, 0) is 9.47 Å². The van der Waals surface area contributed by atoms with Crippen LogP contribution < -0.4 is 20.7 Å². The van der Waals surface area contributed by atoms with Crippen molar-refractivity contribution in [3.05, 3.63) is 17.9 Å². The first kappa shape index (κ1) is 23.4. The van der Waals surface area contributed by atoms with Crippen LogP contribution in [0.25, 0.3) is 0 Å². The van der Waals surface area contributed by atoms with Crippen LogP contribution in [0.1, 0.15) is 33.6 Å². The number of benzene rings is 1. The van der Waals surface area contributed by atoms with Gasteiger partial charge in [-0.15, -0.1) is 0 Å². The first-order valence-electron chi connectivity index (χ1n) is 11.0. The van der Waals surface area contributed by atoms with E-state index in [0.717, 1.165) is 51.4 Å². The number of alkyl carbamates (subject to hydrolysis) is 1. The lowest BCUT2D eigenvalue weighted by Gasteiger charge is -2.34. The average molecular weight is 439 g/mol. The van der Waals surface area contributed by atoms with Crippen molar-refractivity contribution >= 4 is 17.5 Å². The summed E-state index contributed by atoms with van der Waals surface area (Å²) in [5.74, 6) is -0.106. The van der Waals surface area contributed by atoms with Gasteiger partial charge in [-0.2, -0.15) is 0 Å². The number of ether oxygens (including phenoxy) is 3. The monoisotopic (exact) mass is 438 g/mol. The van der Waals surface area contributed by atoms with Gasteiger partial charge < -0.3 is 30.2 Å². The van der Waals surface area contributed by atoms with Gasteiger partial charge in [0, 0.05) is 50.5 Å². The number of halogens is 1. The number of amides is 1. The summed E-state index contributed by atoms with van der Waals surface area (Å²) in [4.78, 5) is 16.3. The molecule has 1 amide bonds. The van der Waals surface area contributed by atoms with E-state index in [4.69, 9.17) is 19.9 Å². The largest absolute Gasteiger partial charge is 0.490 e. The van der Waals surface area contributed by atoms with Gasteiger partial charge in [-0.05, 0) is 39.7 Å². The number of anilines is 2. The fourth-order valence-corrected chi connectivity index (χ4v) is 3.75. The van der Waals surface area contributed by atoms with Crippen LogP contribution in [0.15, 0.2) is 12.1 Å². The third kappa shape index (κ3) is 7.14. The molecule has 9 heteroatoms. The van der Waals surface area contributed by atoms with E-state index in [1.807, 2.05) is 20.8 Å². The molecule has 3 N–H and O–H groups in total. The normalized spacial score (nSPS) is 18.6. The van der Waals surface area contributed by atoms with Crippen molar-refractivity contribution in [3.8, 4) is 5.75 Å². The number of nitrogens with two attached hydrogens (primary N) is 1. The Morgan fingerprint density at radius 3 is 2.55 bits per heavy atom. The lowest BCUT2D eigenvalue weighted by molar-refractivity contribution is 0.0323.